The molecule has 0 saturated heterocycles. The van der Waals surface area contributed by atoms with E-state index in [0.717, 1.165) is 0 Å². The Morgan fingerprint density at radius 2 is 2.06 bits per heavy atom. The standard InChI is InChI=1S/C10H13ClN2O3S/c11-8-3-1-2-7(4-8)5-9(6-10(12)14)17(13,15)16/h1-4,9H,5-6H2,(H2,12,14)(H2,13,15,16). The highest BCUT2D eigenvalue weighted by Gasteiger charge is 2.24. The minimum atomic E-state index is -3.81. The maximum atomic E-state index is 11.3. The van der Waals surface area contributed by atoms with Gasteiger partial charge in [0.2, 0.25) is 15.9 Å². The quantitative estimate of drug-likeness (QED) is 0.814. The molecule has 1 aromatic carbocycles. The van der Waals surface area contributed by atoms with E-state index in [9.17, 15) is 13.2 Å². The molecule has 1 rings (SSSR count). The van der Waals surface area contributed by atoms with Gasteiger partial charge >= 0.3 is 0 Å². The van der Waals surface area contributed by atoms with Crippen molar-refractivity contribution in [2.24, 2.45) is 10.9 Å². The summed E-state index contributed by atoms with van der Waals surface area (Å²) in [5, 5.41) is 4.53. The number of rotatable bonds is 5. The summed E-state index contributed by atoms with van der Waals surface area (Å²) in [6, 6.07) is 6.71. The van der Waals surface area contributed by atoms with Crippen molar-refractivity contribution in [3.05, 3.63) is 34.9 Å². The van der Waals surface area contributed by atoms with Crippen LogP contribution in [0.4, 0.5) is 0 Å². The molecule has 0 fully saturated rings. The lowest BCUT2D eigenvalue weighted by atomic mass is 10.1. The summed E-state index contributed by atoms with van der Waals surface area (Å²) in [4.78, 5) is 10.8. The van der Waals surface area contributed by atoms with Crippen LogP contribution >= 0.6 is 11.6 Å². The average Bonchev–Trinajstić information content (AvgIpc) is 2.14. The Balaban J connectivity index is 2.91. The molecule has 0 aliphatic carbocycles. The molecule has 7 heteroatoms. The maximum absolute atomic E-state index is 11.3. The number of primary sulfonamides is 1. The predicted octanol–water partition coefficient (Wildman–Crippen LogP) is 0.415. The van der Waals surface area contributed by atoms with Crippen LogP contribution in [0, 0.1) is 0 Å². The summed E-state index contributed by atoms with van der Waals surface area (Å²) < 4.78 is 22.6. The Hall–Kier alpha value is -1.11. The number of benzene rings is 1. The van der Waals surface area contributed by atoms with Crippen LogP contribution in [-0.2, 0) is 21.2 Å². The number of carbonyl (C=O) groups is 1. The van der Waals surface area contributed by atoms with Crippen LogP contribution in [0.5, 0.6) is 0 Å². The number of nitrogens with two attached hydrogens (primary N) is 2. The van der Waals surface area contributed by atoms with Crippen molar-refractivity contribution in [3.8, 4) is 0 Å². The van der Waals surface area contributed by atoms with Gasteiger partial charge in [0.15, 0.2) is 0 Å². The van der Waals surface area contributed by atoms with Crippen molar-refractivity contribution >= 4 is 27.5 Å². The highest BCUT2D eigenvalue weighted by atomic mass is 35.5. The van der Waals surface area contributed by atoms with Gasteiger partial charge < -0.3 is 5.73 Å². The summed E-state index contributed by atoms with van der Waals surface area (Å²) in [6.07, 6.45) is -0.187. The van der Waals surface area contributed by atoms with Crippen molar-refractivity contribution in [2.45, 2.75) is 18.1 Å². The van der Waals surface area contributed by atoms with Gasteiger partial charge in [-0.15, -0.1) is 0 Å². The molecule has 1 aromatic rings. The fraction of sp³-hybridized carbons (Fsp3) is 0.300. The molecule has 0 saturated carbocycles. The third-order valence-electron chi connectivity index (χ3n) is 2.25. The summed E-state index contributed by atoms with van der Waals surface area (Å²) in [7, 11) is -3.81. The van der Waals surface area contributed by atoms with Gasteiger partial charge in [-0.1, -0.05) is 23.7 Å². The Morgan fingerprint density at radius 1 is 1.41 bits per heavy atom. The molecule has 0 radical (unpaired) electrons. The second-order valence-electron chi connectivity index (χ2n) is 3.72. The van der Waals surface area contributed by atoms with E-state index in [1.54, 1.807) is 24.3 Å². The smallest absolute Gasteiger partial charge is 0.218 e. The number of carbonyl (C=O) groups excluding carboxylic acids is 1. The van der Waals surface area contributed by atoms with E-state index < -0.39 is 21.2 Å². The molecule has 1 atom stereocenters. The summed E-state index contributed by atoms with van der Waals surface area (Å²) in [6.45, 7) is 0. The van der Waals surface area contributed by atoms with Gasteiger partial charge in [-0.2, -0.15) is 0 Å². The van der Waals surface area contributed by atoms with Crippen molar-refractivity contribution in [3.63, 3.8) is 0 Å². The molecular weight excluding hydrogens is 264 g/mol. The zero-order valence-corrected chi connectivity index (χ0v) is 10.5. The normalized spacial score (nSPS) is 13.3. The monoisotopic (exact) mass is 276 g/mol. The van der Waals surface area contributed by atoms with E-state index in [-0.39, 0.29) is 12.8 Å². The SMILES string of the molecule is NC(=O)CC(Cc1cccc(Cl)c1)S(N)(=O)=O. The van der Waals surface area contributed by atoms with E-state index in [0.29, 0.717) is 10.6 Å². The fourth-order valence-corrected chi connectivity index (χ4v) is 2.49. The fourth-order valence-electron chi connectivity index (χ4n) is 1.46. The largest absolute Gasteiger partial charge is 0.370 e. The molecular formula is C10H13ClN2O3S. The first kappa shape index (κ1) is 14.0. The molecule has 0 aromatic heterocycles. The van der Waals surface area contributed by atoms with Gasteiger partial charge in [0.1, 0.15) is 0 Å². The Bertz CT molecular complexity index is 516. The lowest BCUT2D eigenvalue weighted by Gasteiger charge is -2.13. The zero-order valence-electron chi connectivity index (χ0n) is 8.97. The third-order valence-corrected chi connectivity index (χ3v) is 3.74. The average molecular weight is 277 g/mol. The molecule has 0 bridgehead atoms. The number of hydrogen-bond donors (Lipinski definition) is 2. The second-order valence-corrected chi connectivity index (χ2v) is 6.00. The molecule has 5 nitrogen and oxygen atoms in total. The molecule has 0 heterocycles. The lowest BCUT2D eigenvalue weighted by Crippen LogP contribution is -2.34. The van der Waals surface area contributed by atoms with Gasteiger partial charge in [-0.3, -0.25) is 4.79 Å². The highest BCUT2D eigenvalue weighted by Crippen LogP contribution is 2.15. The van der Waals surface area contributed by atoms with Gasteiger partial charge in [0.25, 0.3) is 0 Å². The molecule has 4 N–H and O–H groups in total. The van der Waals surface area contributed by atoms with Crippen LogP contribution in [0.15, 0.2) is 24.3 Å². The van der Waals surface area contributed by atoms with Crippen molar-refractivity contribution in [1.29, 1.82) is 0 Å². The number of hydrogen-bond acceptors (Lipinski definition) is 3. The van der Waals surface area contributed by atoms with E-state index >= 15 is 0 Å². The first-order valence-electron chi connectivity index (χ1n) is 4.83. The maximum Gasteiger partial charge on any atom is 0.218 e. The van der Waals surface area contributed by atoms with E-state index in [2.05, 4.69) is 0 Å². The van der Waals surface area contributed by atoms with Crippen molar-refractivity contribution < 1.29 is 13.2 Å². The molecule has 1 unspecified atom stereocenters. The Labute approximate surface area is 105 Å². The first-order chi connectivity index (χ1) is 7.79. The van der Waals surface area contributed by atoms with Crippen LogP contribution in [0.3, 0.4) is 0 Å². The van der Waals surface area contributed by atoms with Gasteiger partial charge in [-0.05, 0) is 24.1 Å². The molecule has 94 valence electrons. The molecule has 1 amide bonds. The van der Waals surface area contributed by atoms with Gasteiger partial charge in [0, 0.05) is 11.4 Å². The summed E-state index contributed by atoms with van der Waals surface area (Å²) in [5.74, 6) is -0.703. The highest BCUT2D eigenvalue weighted by molar-refractivity contribution is 7.89. The first-order valence-corrected chi connectivity index (χ1v) is 6.82. The summed E-state index contributed by atoms with van der Waals surface area (Å²) in [5.41, 5.74) is 5.68. The number of primary amides is 1. The topological polar surface area (TPSA) is 103 Å². The van der Waals surface area contributed by atoms with Gasteiger partial charge in [-0.25, -0.2) is 13.6 Å². The van der Waals surface area contributed by atoms with Crippen LogP contribution in [0.2, 0.25) is 5.02 Å². The van der Waals surface area contributed by atoms with Crippen LogP contribution in [-0.4, -0.2) is 19.6 Å². The molecule has 0 aliphatic rings. The van der Waals surface area contributed by atoms with Gasteiger partial charge in [0.05, 0.1) is 5.25 Å². The third kappa shape index (κ3) is 4.72. The molecule has 0 spiro atoms. The van der Waals surface area contributed by atoms with E-state index in [4.69, 9.17) is 22.5 Å². The van der Waals surface area contributed by atoms with Crippen LogP contribution < -0.4 is 10.9 Å². The minimum absolute atomic E-state index is 0.113. The molecule has 17 heavy (non-hydrogen) atoms. The van der Waals surface area contributed by atoms with E-state index in [1.165, 1.54) is 0 Å². The number of amides is 1. The van der Waals surface area contributed by atoms with Crippen molar-refractivity contribution in [1.82, 2.24) is 0 Å². The number of sulfonamides is 1. The second kappa shape index (κ2) is 5.48. The lowest BCUT2D eigenvalue weighted by molar-refractivity contribution is -0.118. The van der Waals surface area contributed by atoms with Crippen LogP contribution in [0.1, 0.15) is 12.0 Å². The zero-order chi connectivity index (χ0) is 13.1. The Kier molecular flexibility index (Phi) is 4.50. The van der Waals surface area contributed by atoms with Crippen molar-refractivity contribution in [2.75, 3.05) is 0 Å². The van der Waals surface area contributed by atoms with E-state index in [1.807, 2.05) is 0 Å². The number of halogens is 1. The Morgan fingerprint density at radius 3 is 2.53 bits per heavy atom. The molecule has 0 aliphatic heterocycles. The summed E-state index contributed by atoms with van der Waals surface area (Å²) >= 11 is 5.78. The predicted molar refractivity (Wildman–Crippen MR) is 65.9 cm³/mol. The van der Waals surface area contributed by atoms with Crippen LogP contribution in [0.25, 0.3) is 0 Å². The minimum Gasteiger partial charge on any atom is -0.370 e.